The van der Waals surface area contributed by atoms with Crippen LogP contribution < -0.4 is 22.1 Å². The predicted molar refractivity (Wildman–Crippen MR) is 209 cm³/mol. The van der Waals surface area contributed by atoms with Crippen LogP contribution in [0.25, 0.3) is 10.4 Å². The smallest absolute Gasteiger partial charge is 0.246 e. The van der Waals surface area contributed by atoms with Crippen molar-refractivity contribution in [1.29, 1.82) is 0 Å². The number of primary amides is 1. The molecule has 4 amide bonds. The summed E-state index contributed by atoms with van der Waals surface area (Å²) in [7, 11) is 0. The number of carbonyl (C=O) groups excluding carboxylic acids is 4. The van der Waals surface area contributed by atoms with Crippen molar-refractivity contribution < 1.29 is 29.0 Å². The van der Waals surface area contributed by atoms with Crippen LogP contribution in [-0.2, 0) is 37.1 Å². The molecule has 1 saturated heterocycles. The maximum Gasteiger partial charge on any atom is 0.246 e. The highest BCUT2D eigenvalue weighted by Crippen LogP contribution is 2.43. The largest absolute Gasteiger partial charge is 0.391 e. The first-order valence-corrected chi connectivity index (χ1v) is 19.8. The van der Waals surface area contributed by atoms with E-state index in [9.17, 15) is 24.3 Å². The van der Waals surface area contributed by atoms with E-state index in [1.165, 1.54) is 10.5 Å². The Balaban J connectivity index is 1.09. The molecule has 0 unspecified atom stereocenters. The molecule has 2 aliphatic rings. The van der Waals surface area contributed by atoms with Crippen LogP contribution in [0.5, 0.6) is 0 Å². The molecule has 5 atom stereocenters. The van der Waals surface area contributed by atoms with Crippen LogP contribution in [-0.4, -0.2) is 75.5 Å². The number of benzene rings is 2. The number of nitrogens with one attached hydrogen (secondary N) is 2. The van der Waals surface area contributed by atoms with Gasteiger partial charge in [0.15, 0.2) is 0 Å². The first kappa shape index (κ1) is 41.0. The standard InChI is InChI=1S/C41H56N6O6S/c1-24-37(54-23-45-24)30-12-6-26(7-13-30)20-44-39(51)34-19-32(48)21-47(34)40(52)38(41(3,4)5)46-36(50)18-28-16-31(17-28)29-10-8-27(9-11-29)22-53-25(2)33(42)14-15-35(43)49/h6-13,23,25,28,31-34,38,48H,14-22,42H2,1-5H3,(H2,43,49)(H,44,51)(H,46,50)/t25-,28?,31?,32-,33+,34+,38-/m1/s1. The minimum absolute atomic E-state index is 0.0288. The van der Waals surface area contributed by atoms with Gasteiger partial charge in [-0.3, -0.25) is 19.2 Å². The monoisotopic (exact) mass is 760 g/mol. The molecule has 0 bridgehead atoms. The topological polar surface area (TPSA) is 190 Å². The number of aromatic nitrogens is 1. The Labute approximate surface area is 322 Å². The minimum Gasteiger partial charge on any atom is -0.391 e. The third-order valence-corrected chi connectivity index (χ3v) is 11.7. The Morgan fingerprint density at radius 1 is 1.04 bits per heavy atom. The van der Waals surface area contributed by atoms with E-state index in [-0.39, 0.29) is 67.6 Å². The van der Waals surface area contributed by atoms with Gasteiger partial charge >= 0.3 is 0 Å². The molecule has 292 valence electrons. The van der Waals surface area contributed by atoms with E-state index in [1.807, 2.05) is 76.5 Å². The Hall–Kier alpha value is -4.17. The number of carbonyl (C=O) groups is 4. The van der Waals surface area contributed by atoms with Crippen LogP contribution in [0, 0.1) is 18.3 Å². The van der Waals surface area contributed by atoms with Crippen LogP contribution in [0.15, 0.2) is 54.0 Å². The number of amides is 4. The van der Waals surface area contributed by atoms with Gasteiger partial charge in [-0.25, -0.2) is 4.98 Å². The second-order valence-corrected chi connectivity index (χ2v) is 17.0. The Morgan fingerprint density at radius 3 is 2.31 bits per heavy atom. The van der Waals surface area contributed by atoms with Crippen LogP contribution in [0.1, 0.15) is 94.5 Å². The van der Waals surface area contributed by atoms with Crippen LogP contribution >= 0.6 is 11.3 Å². The molecule has 5 rings (SSSR count). The number of nitrogens with zero attached hydrogens (tertiary/aromatic N) is 2. The fraction of sp³-hybridized carbons (Fsp3) is 0.537. The molecule has 3 aromatic rings. The molecular formula is C41H56N6O6S. The van der Waals surface area contributed by atoms with E-state index in [1.54, 1.807) is 11.3 Å². The lowest BCUT2D eigenvalue weighted by Gasteiger charge is -2.38. The summed E-state index contributed by atoms with van der Waals surface area (Å²) in [4.78, 5) is 58.7. The molecule has 0 radical (unpaired) electrons. The highest BCUT2D eigenvalue weighted by molar-refractivity contribution is 7.13. The number of aliphatic hydroxyl groups is 1. The number of aryl methyl sites for hydroxylation is 1. The zero-order valence-corrected chi connectivity index (χ0v) is 32.9. The second-order valence-electron chi connectivity index (χ2n) is 16.1. The lowest BCUT2D eigenvalue weighted by Crippen LogP contribution is -2.58. The molecule has 1 aliphatic carbocycles. The molecular weight excluding hydrogens is 705 g/mol. The van der Waals surface area contributed by atoms with Gasteiger partial charge in [0.1, 0.15) is 12.1 Å². The van der Waals surface area contributed by atoms with Gasteiger partial charge in [0.25, 0.3) is 0 Å². The van der Waals surface area contributed by atoms with Crippen molar-refractivity contribution in [3.8, 4) is 10.4 Å². The predicted octanol–water partition coefficient (Wildman–Crippen LogP) is 4.31. The van der Waals surface area contributed by atoms with Crippen molar-refractivity contribution in [3.63, 3.8) is 0 Å². The van der Waals surface area contributed by atoms with Gasteiger partial charge in [0.2, 0.25) is 23.6 Å². The van der Waals surface area contributed by atoms with Gasteiger partial charge in [-0.2, -0.15) is 0 Å². The number of hydrogen-bond donors (Lipinski definition) is 5. The molecule has 2 heterocycles. The number of ether oxygens (including phenoxy) is 1. The number of likely N-dealkylation sites (tertiary alicyclic amines) is 1. The fourth-order valence-corrected chi connectivity index (χ4v) is 8.03. The average molecular weight is 761 g/mol. The number of aliphatic hydroxyl groups excluding tert-OH is 1. The Kier molecular flexibility index (Phi) is 13.6. The maximum atomic E-state index is 14.0. The first-order chi connectivity index (χ1) is 25.6. The number of β-amino-alcohol motifs (C(OH)–C–C–N with tert-alkyl or cyclic N) is 1. The van der Waals surface area contributed by atoms with Gasteiger partial charge in [-0.1, -0.05) is 69.3 Å². The summed E-state index contributed by atoms with van der Waals surface area (Å²) in [6, 6.07) is 14.2. The maximum absolute atomic E-state index is 14.0. The second kappa shape index (κ2) is 18.0. The molecule has 1 aromatic heterocycles. The molecule has 1 aliphatic heterocycles. The number of thiazole rings is 1. The molecule has 12 nitrogen and oxygen atoms in total. The summed E-state index contributed by atoms with van der Waals surface area (Å²) < 4.78 is 5.91. The molecule has 2 aromatic carbocycles. The summed E-state index contributed by atoms with van der Waals surface area (Å²) >= 11 is 1.58. The van der Waals surface area contributed by atoms with Crippen molar-refractivity contribution in [2.45, 2.75) is 123 Å². The fourth-order valence-electron chi connectivity index (χ4n) is 7.22. The minimum atomic E-state index is -0.862. The van der Waals surface area contributed by atoms with Crippen LogP contribution in [0.4, 0.5) is 0 Å². The van der Waals surface area contributed by atoms with Crippen molar-refractivity contribution in [3.05, 3.63) is 76.4 Å². The Morgan fingerprint density at radius 2 is 1.70 bits per heavy atom. The summed E-state index contributed by atoms with van der Waals surface area (Å²) in [5, 5.41) is 16.5. The first-order valence-electron chi connectivity index (χ1n) is 18.9. The molecule has 0 spiro atoms. The van der Waals surface area contributed by atoms with Crippen molar-refractivity contribution >= 4 is 35.0 Å². The average Bonchev–Trinajstić information content (AvgIpc) is 3.73. The molecule has 2 fully saturated rings. The highest BCUT2D eigenvalue weighted by atomic mass is 32.1. The van der Waals surface area contributed by atoms with E-state index in [4.69, 9.17) is 16.2 Å². The van der Waals surface area contributed by atoms with Gasteiger partial charge in [-0.05, 0) is 72.6 Å². The lowest BCUT2D eigenvalue weighted by atomic mass is 9.70. The number of nitrogens with two attached hydrogens (primary N) is 2. The third kappa shape index (κ3) is 10.7. The zero-order valence-electron chi connectivity index (χ0n) is 32.0. The molecule has 1 saturated carbocycles. The zero-order chi connectivity index (χ0) is 39.2. The van der Waals surface area contributed by atoms with E-state index in [0.717, 1.165) is 40.1 Å². The van der Waals surface area contributed by atoms with Crippen LogP contribution in [0.3, 0.4) is 0 Å². The summed E-state index contributed by atoms with van der Waals surface area (Å²) in [5.74, 6) is -0.718. The normalized spacial score (nSPS) is 21.5. The SMILES string of the molecule is Cc1ncsc1-c1ccc(CNC(=O)[C@@H]2C[C@@H](O)CN2C(=O)[C@@H](NC(=O)CC2CC(c3ccc(CO[C@H](C)[C@@H](N)CCC(N)=O)cc3)C2)C(C)(C)C)cc1. The summed E-state index contributed by atoms with van der Waals surface area (Å²) in [6.07, 6.45) is 1.86. The highest BCUT2D eigenvalue weighted by Gasteiger charge is 2.45. The van der Waals surface area contributed by atoms with E-state index < -0.39 is 23.6 Å². The molecule has 54 heavy (non-hydrogen) atoms. The summed E-state index contributed by atoms with van der Waals surface area (Å²) in [5.41, 5.74) is 17.7. The van der Waals surface area contributed by atoms with Crippen molar-refractivity contribution in [2.75, 3.05) is 6.54 Å². The lowest BCUT2D eigenvalue weighted by molar-refractivity contribution is -0.144. The molecule has 7 N–H and O–H groups in total. The van der Waals surface area contributed by atoms with E-state index in [2.05, 4.69) is 27.8 Å². The quantitative estimate of drug-likeness (QED) is 0.143. The van der Waals surface area contributed by atoms with Gasteiger partial charge < -0.3 is 36.8 Å². The van der Waals surface area contributed by atoms with Gasteiger partial charge in [-0.15, -0.1) is 11.3 Å². The van der Waals surface area contributed by atoms with Crippen LogP contribution in [0.2, 0.25) is 0 Å². The Bertz CT molecular complexity index is 1750. The number of hydrogen-bond acceptors (Lipinski definition) is 9. The number of rotatable bonds is 16. The van der Waals surface area contributed by atoms with Crippen molar-refractivity contribution in [1.82, 2.24) is 20.5 Å². The third-order valence-electron chi connectivity index (χ3n) is 10.7. The van der Waals surface area contributed by atoms with Gasteiger partial charge in [0.05, 0.1) is 34.9 Å². The van der Waals surface area contributed by atoms with Gasteiger partial charge in [0, 0.05) is 38.4 Å². The van der Waals surface area contributed by atoms with Crippen molar-refractivity contribution in [2.24, 2.45) is 22.8 Å². The van der Waals surface area contributed by atoms with E-state index >= 15 is 0 Å². The molecule has 13 heteroatoms. The van der Waals surface area contributed by atoms with E-state index in [0.29, 0.717) is 25.4 Å². The summed E-state index contributed by atoms with van der Waals surface area (Å²) in [6.45, 7) is 10.3.